The molecule has 9 nitrogen and oxygen atoms in total. The monoisotopic (exact) mass is 386 g/mol. The molecule has 0 fully saturated rings. The number of benzene rings is 1. The summed E-state index contributed by atoms with van der Waals surface area (Å²) in [7, 11) is 0. The predicted octanol–water partition coefficient (Wildman–Crippen LogP) is 3.25. The van der Waals surface area contributed by atoms with Crippen molar-refractivity contribution < 1.29 is 10.0 Å². The third-order valence-electron chi connectivity index (χ3n) is 3.50. The van der Waals surface area contributed by atoms with Gasteiger partial charge in [0.1, 0.15) is 11.5 Å². The zero-order chi connectivity index (χ0) is 19.2. The molecule has 10 heteroatoms. The summed E-state index contributed by atoms with van der Waals surface area (Å²) in [5.74, 6) is 0.590. The second kappa shape index (κ2) is 8.39. The number of aliphatic hydroxyl groups excluding tert-OH is 1. The highest BCUT2D eigenvalue weighted by molar-refractivity contribution is 6.31. The molecule has 1 aromatic carbocycles. The van der Waals surface area contributed by atoms with Gasteiger partial charge in [-0.3, -0.25) is 15.1 Å². The van der Waals surface area contributed by atoms with Crippen molar-refractivity contribution in [2.75, 3.05) is 23.8 Å². The van der Waals surface area contributed by atoms with Crippen LogP contribution in [0, 0.1) is 10.1 Å². The van der Waals surface area contributed by atoms with E-state index in [0.717, 1.165) is 5.56 Å². The molecule has 0 aliphatic carbocycles. The zero-order valence-electron chi connectivity index (χ0n) is 14.0. The van der Waals surface area contributed by atoms with Crippen LogP contribution < -0.4 is 10.6 Å². The van der Waals surface area contributed by atoms with Gasteiger partial charge in [-0.2, -0.15) is 4.98 Å². The van der Waals surface area contributed by atoms with Crippen molar-refractivity contribution in [2.24, 2.45) is 0 Å². The average molecular weight is 387 g/mol. The molecule has 0 aliphatic rings. The number of nitro groups is 1. The quantitative estimate of drug-likeness (QED) is 0.417. The third-order valence-corrected chi connectivity index (χ3v) is 3.73. The standard InChI is InChI=1S/C17H15ClN6O3/c18-12-3-4-15(24(26)27)14(8-12)21-16-9-13(11-2-1-5-19-10-11)22-17(23-16)20-6-7-25/h1-5,8-10,25H,6-7H2,(H2,20,21,22,23). The second-order valence-electron chi connectivity index (χ2n) is 5.40. The van der Waals surface area contributed by atoms with Crippen LogP contribution in [0.4, 0.5) is 23.1 Å². The summed E-state index contributed by atoms with van der Waals surface area (Å²) in [6, 6.07) is 9.46. The molecule has 27 heavy (non-hydrogen) atoms. The zero-order valence-corrected chi connectivity index (χ0v) is 14.7. The van der Waals surface area contributed by atoms with Crippen molar-refractivity contribution in [1.82, 2.24) is 15.0 Å². The van der Waals surface area contributed by atoms with Crippen molar-refractivity contribution in [1.29, 1.82) is 0 Å². The Balaban J connectivity index is 2.02. The fraction of sp³-hybridized carbons (Fsp3) is 0.118. The number of nitro benzene ring substituents is 1. The average Bonchev–Trinajstić information content (AvgIpc) is 2.66. The minimum absolute atomic E-state index is 0.0942. The van der Waals surface area contributed by atoms with Crippen LogP contribution in [-0.2, 0) is 0 Å². The SMILES string of the molecule is O=[N+]([O-])c1ccc(Cl)cc1Nc1cc(-c2cccnc2)nc(NCCO)n1. The first-order valence-electron chi connectivity index (χ1n) is 7.92. The number of aliphatic hydroxyl groups is 1. The molecule has 0 spiro atoms. The van der Waals surface area contributed by atoms with Crippen molar-refractivity contribution in [3.63, 3.8) is 0 Å². The fourth-order valence-corrected chi connectivity index (χ4v) is 2.50. The smallest absolute Gasteiger partial charge is 0.292 e. The Hall–Kier alpha value is -3.30. The van der Waals surface area contributed by atoms with Crippen molar-refractivity contribution >= 4 is 34.7 Å². The number of pyridine rings is 1. The molecule has 0 aliphatic heterocycles. The molecule has 2 aromatic heterocycles. The maximum Gasteiger partial charge on any atom is 0.292 e. The van der Waals surface area contributed by atoms with E-state index in [1.807, 2.05) is 6.07 Å². The first-order valence-corrected chi connectivity index (χ1v) is 8.30. The summed E-state index contributed by atoms with van der Waals surface area (Å²) in [6.07, 6.45) is 3.29. The fourth-order valence-electron chi connectivity index (χ4n) is 2.33. The van der Waals surface area contributed by atoms with Gasteiger partial charge in [0.2, 0.25) is 5.95 Å². The highest BCUT2D eigenvalue weighted by Gasteiger charge is 2.16. The van der Waals surface area contributed by atoms with E-state index in [1.165, 1.54) is 18.2 Å². The van der Waals surface area contributed by atoms with E-state index in [4.69, 9.17) is 16.7 Å². The van der Waals surface area contributed by atoms with Gasteiger partial charge in [-0.1, -0.05) is 11.6 Å². The first kappa shape index (κ1) is 18.5. The van der Waals surface area contributed by atoms with Crippen molar-refractivity contribution in [2.45, 2.75) is 0 Å². The molecule has 0 saturated carbocycles. The topological polar surface area (TPSA) is 126 Å². The highest BCUT2D eigenvalue weighted by Crippen LogP contribution is 2.31. The summed E-state index contributed by atoms with van der Waals surface area (Å²) in [4.78, 5) is 23.5. The summed E-state index contributed by atoms with van der Waals surface area (Å²) >= 11 is 5.97. The van der Waals surface area contributed by atoms with Gasteiger partial charge in [-0.05, 0) is 24.3 Å². The number of halogens is 1. The van der Waals surface area contributed by atoms with Crippen LogP contribution >= 0.6 is 11.6 Å². The van der Waals surface area contributed by atoms with Gasteiger partial charge in [-0.25, -0.2) is 4.98 Å². The first-order chi connectivity index (χ1) is 13.1. The molecule has 2 heterocycles. The van der Waals surface area contributed by atoms with Crippen LogP contribution in [0.25, 0.3) is 11.3 Å². The Kier molecular flexibility index (Phi) is 5.74. The number of aromatic nitrogens is 3. The van der Waals surface area contributed by atoms with E-state index in [1.54, 1.807) is 24.5 Å². The molecule has 138 valence electrons. The minimum Gasteiger partial charge on any atom is -0.395 e. The van der Waals surface area contributed by atoms with E-state index >= 15 is 0 Å². The molecule has 3 N–H and O–H groups in total. The van der Waals surface area contributed by atoms with Crippen LogP contribution in [0.15, 0.2) is 48.8 Å². The maximum absolute atomic E-state index is 11.3. The lowest BCUT2D eigenvalue weighted by atomic mass is 10.2. The molecule has 0 saturated heterocycles. The van der Waals surface area contributed by atoms with E-state index in [0.29, 0.717) is 16.5 Å². The van der Waals surface area contributed by atoms with Gasteiger partial charge >= 0.3 is 0 Å². The Morgan fingerprint density at radius 1 is 1.22 bits per heavy atom. The van der Waals surface area contributed by atoms with E-state index < -0.39 is 4.92 Å². The van der Waals surface area contributed by atoms with Crippen LogP contribution in [0.1, 0.15) is 0 Å². The lowest BCUT2D eigenvalue weighted by Crippen LogP contribution is -2.10. The molecule has 0 atom stereocenters. The van der Waals surface area contributed by atoms with Crippen LogP contribution in [0.3, 0.4) is 0 Å². The van der Waals surface area contributed by atoms with Gasteiger partial charge in [0.15, 0.2) is 0 Å². The Morgan fingerprint density at radius 2 is 2.07 bits per heavy atom. The highest BCUT2D eigenvalue weighted by atomic mass is 35.5. The molecule has 0 amide bonds. The van der Waals surface area contributed by atoms with E-state index in [-0.39, 0.29) is 30.5 Å². The summed E-state index contributed by atoms with van der Waals surface area (Å²) in [6.45, 7) is 0.163. The molecule has 3 aromatic rings. The normalized spacial score (nSPS) is 10.4. The number of nitrogens with zero attached hydrogens (tertiary/aromatic N) is 4. The maximum atomic E-state index is 11.3. The van der Waals surface area contributed by atoms with Crippen LogP contribution in [0.5, 0.6) is 0 Å². The molecule has 3 rings (SSSR count). The number of nitrogens with one attached hydrogen (secondary N) is 2. The van der Waals surface area contributed by atoms with Crippen molar-refractivity contribution in [3.8, 4) is 11.3 Å². The Bertz CT molecular complexity index is 955. The van der Waals surface area contributed by atoms with E-state index in [9.17, 15) is 10.1 Å². The van der Waals surface area contributed by atoms with Crippen molar-refractivity contribution in [3.05, 3.63) is 63.9 Å². The number of rotatable bonds is 7. The largest absolute Gasteiger partial charge is 0.395 e. The van der Waals surface area contributed by atoms with Gasteiger partial charge in [-0.15, -0.1) is 0 Å². The summed E-state index contributed by atoms with van der Waals surface area (Å²) in [5.41, 5.74) is 1.38. The molecule has 0 radical (unpaired) electrons. The molecule has 0 bridgehead atoms. The van der Waals surface area contributed by atoms with Gasteiger partial charge < -0.3 is 15.7 Å². The Morgan fingerprint density at radius 3 is 2.78 bits per heavy atom. The van der Waals surface area contributed by atoms with E-state index in [2.05, 4.69) is 25.6 Å². The third kappa shape index (κ3) is 4.66. The predicted molar refractivity (Wildman–Crippen MR) is 102 cm³/mol. The number of anilines is 3. The molecular formula is C17H15ClN6O3. The second-order valence-corrected chi connectivity index (χ2v) is 5.83. The summed E-state index contributed by atoms with van der Waals surface area (Å²) in [5, 5.41) is 26.4. The lowest BCUT2D eigenvalue weighted by Gasteiger charge is -2.11. The summed E-state index contributed by atoms with van der Waals surface area (Å²) < 4.78 is 0. The van der Waals surface area contributed by atoms with Crippen LogP contribution in [-0.4, -0.2) is 38.1 Å². The lowest BCUT2D eigenvalue weighted by molar-refractivity contribution is -0.383. The van der Waals surface area contributed by atoms with Gasteiger partial charge in [0.05, 0.1) is 17.2 Å². The minimum atomic E-state index is -0.507. The van der Waals surface area contributed by atoms with Gasteiger partial charge in [0, 0.05) is 41.7 Å². The Labute approximate surface area is 159 Å². The molecule has 0 unspecified atom stereocenters. The molecular weight excluding hydrogens is 372 g/mol. The van der Waals surface area contributed by atoms with Gasteiger partial charge in [0.25, 0.3) is 5.69 Å². The van der Waals surface area contributed by atoms with Crippen LogP contribution in [0.2, 0.25) is 5.02 Å². The number of hydrogen-bond acceptors (Lipinski definition) is 8. The number of hydrogen-bond donors (Lipinski definition) is 3.